The molecule has 0 amide bonds. The summed E-state index contributed by atoms with van der Waals surface area (Å²) in [5, 5.41) is 9.26. The molecule has 2 atom stereocenters. The van der Waals surface area contributed by atoms with Crippen molar-refractivity contribution >= 4 is 0 Å². The number of nitrogens with zero attached hydrogens (tertiary/aromatic N) is 1. The van der Waals surface area contributed by atoms with Gasteiger partial charge in [0.05, 0.1) is 6.10 Å². The molecular weight excluding hydrogens is 114 g/mol. The van der Waals surface area contributed by atoms with E-state index in [1.807, 2.05) is 0 Å². The van der Waals surface area contributed by atoms with Crippen molar-refractivity contribution in [3.63, 3.8) is 0 Å². The van der Waals surface area contributed by atoms with Gasteiger partial charge >= 0.3 is 0 Å². The van der Waals surface area contributed by atoms with Gasteiger partial charge in [0.1, 0.15) is 0 Å². The molecule has 1 fully saturated rings. The van der Waals surface area contributed by atoms with E-state index in [-0.39, 0.29) is 6.10 Å². The van der Waals surface area contributed by atoms with Crippen molar-refractivity contribution < 1.29 is 5.11 Å². The van der Waals surface area contributed by atoms with E-state index in [2.05, 4.69) is 18.7 Å². The molecule has 2 nitrogen and oxygen atoms in total. The molecule has 1 N–H and O–H groups in total. The summed E-state index contributed by atoms with van der Waals surface area (Å²) in [5.74, 6) is 0. The van der Waals surface area contributed by atoms with Gasteiger partial charge < -0.3 is 5.11 Å². The van der Waals surface area contributed by atoms with Crippen LogP contribution in [0, 0.1) is 0 Å². The first-order valence-corrected chi connectivity index (χ1v) is 3.67. The maximum Gasteiger partial charge on any atom is 0.0704 e. The van der Waals surface area contributed by atoms with Crippen molar-refractivity contribution in [2.24, 2.45) is 0 Å². The molecule has 0 aromatic carbocycles. The zero-order valence-electron chi connectivity index (χ0n) is 6.17. The van der Waals surface area contributed by atoms with Crippen LogP contribution in [-0.4, -0.2) is 35.2 Å². The lowest BCUT2D eigenvalue weighted by molar-refractivity contribution is 0.129. The number of hydrogen-bond acceptors (Lipinski definition) is 2. The van der Waals surface area contributed by atoms with E-state index in [0.717, 1.165) is 19.5 Å². The molecule has 1 saturated heterocycles. The molecule has 1 heterocycles. The van der Waals surface area contributed by atoms with E-state index in [0.29, 0.717) is 6.04 Å². The third kappa shape index (κ3) is 1.25. The smallest absolute Gasteiger partial charge is 0.0704 e. The van der Waals surface area contributed by atoms with Gasteiger partial charge in [-0.3, -0.25) is 4.90 Å². The Hall–Kier alpha value is -0.0800. The molecule has 0 spiro atoms. The highest BCUT2D eigenvalue weighted by molar-refractivity contribution is 4.82. The van der Waals surface area contributed by atoms with Crippen LogP contribution in [0.25, 0.3) is 0 Å². The summed E-state index contributed by atoms with van der Waals surface area (Å²) >= 11 is 0. The molecule has 0 radical (unpaired) electrons. The molecular formula is C7H15NO. The molecule has 0 bridgehead atoms. The van der Waals surface area contributed by atoms with E-state index >= 15 is 0 Å². The quantitative estimate of drug-likeness (QED) is 0.556. The van der Waals surface area contributed by atoms with Crippen LogP contribution in [0.5, 0.6) is 0 Å². The fraction of sp³-hybridized carbons (Fsp3) is 1.00. The lowest BCUT2D eigenvalue weighted by Gasteiger charge is -2.19. The zero-order chi connectivity index (χ0) is 6.85. The van der Waals surface area contributed by atoms with E-state index in [1.54, 1.807) is 0 Å². The second-order valence-corrected chi connectivity index (χ2v) is 2.73. The molecule has 2 heteroatoms. The minimum Gasteiger partial charge on any atom is -0.391 e. The fourth-order valence-electron chi connectivity index (χ4n) is 1.43. The summed E-state index contributed by atoms with van der Waals surface area (Å²) < 4.78 is 0. The number of likely N-dealkylation sites (tertiary alicyclic amines) is 1. The van der Waals surface area contributed by atoms with Crippen LogP contribution in [-0.2, 0) is 0 Å². The second-order valence-electron chi connectivity index (χ2n) is 2.73. The van der Waals surface area contributed by atoms with Gasteiger partial charge in [0.2, 0.25) is 0 Å². The third-order valence-corrected chi connectivity index (χ3v) is 2.25. The van der Waals surface area contributed by atoms with Crippen LogP contribution in [0.2, 0.25) is 0 Å². The van der Waals surface area contributed by atoms with Gasteiger partial charge in [-0.25, -0.2) is 0 Å². The van der Waals surface area contributed by atoms with Gasteiger partial charge in [0, 0.05) is 12.6 Å². The monoisotopic (exact) mass is 129 g/mol. The normalized spacial score (nSPS) is 37.7. The molecule has 0 aromatic rings. The van der Waals surface area contributed by atoms with E-state index in [1.165, 1.54) is 0 Å². The first-order valence-electron chi connectivity index (χ1n) is 3.67. The maximum atomic E-state index is 9.26. The first kappa shape index (κ1) is 7.03. The van der Waals surface area contributed by atoms with Crippen molar-refractivity contribution in [3.8, 4) is 0 Å². The molecule has 9 heavy (non-hydrogen) atoms. The summed E-state index contributed by atoms with van der Waals surface area (Å²) in [6.45, 7) is 6.35. The number of rotatable bonds is 1. The summed E-state index contributed by atoms with van der Waals surface area (Å²) in [6, 6.07) is 0.384. The standard InChI is InChI=1S/C7H15NO/c1-3-8-5-4-7(9)6(8)2/h6-7,9H,3-5H2,1-2H3/t6-,7+/m1/s1. The summed E-state index contributed by atoms with van der Waals surface area (Å²) in [6.07, 6.45) is 0.875. The number of aliphatic hydroxyl groups is 1. The summed E-state index contributed by atoms with van der Waals surface area (Å²) in [5.41, 5.74) is 0. The van der Waals surface area contributed by atoms with Crippen molar-refractivity contribution in [2.75, 3.05) is 13.1 Å². The molecule has 1 aliphatic heterocycles. The first-order chi connectivity index (χ1) is 4.25. The Morgan fingerprint density at radius 2 is 2.33 bits per heavy atom. The Kier molecular flexibility index (Phi) is 2.09. The van der Waals surface area contributed by atoms with Crippen molar-refractivity contribution in [1.82, 2.24) is 4.90 Å². The van der Waals surface area contributed by atoms with Crippen LogP contribution < -0.4 is 0 Å². The van der Waals surface area contributed by atoms with Crippen molar-refractivity contribution in [1.29, 1.82) is 0 Å². The van der Waals surface area contributed by atoms with E-state index < -0.39 is 0 Å². The summed E-state index contributed by atoms with van der Waals surface area (Å²) in [7, 11) is 0. The van der Waals surface area contributed by atoms with Crippen LogP contribution in [0.1, 0.15) is 20.3 Å². The largest absolute Gasteiger partial charge is 0.391 e. The molecule has 0 saturated carbocycles. The van der Waals surface area contributed by atoms with E-state index in [4.69, 9.17) is 0 Å². The Labute approximate surface area is 56.5 Å². The van der Waals surface area contributed by atoms with Crippen LogP contribution in [0.15, 0.2) is 0 Å². The highest BCUT2D eigenvalue weighted by Gasteiger charge is 2.26. The van der Waals surface area contributed by atoms with Gasteiger partial charge in [-0.05, 0) is 19.9 Å². The minimum absolute atomic E-state index is 0.0788. The van der Waals surface area contributed by atoms with Crippen LogP contribution >= 0.6 is 0 Å². The van der Waals surface area contributed by atoms with Gasteiger partial charge in [-0.15, -0.1) is 0 Å². The predicted molar refractivity (Wildman–Crippen MR) is 37.3 cm³/mol. The average molecular weight is 129 g/mol. The molecule has 1 rings (SSSR count). The Morgan fingerprint density at radius 3 is 2.56 bits per heavy atom. The van der Waals surface area contributed by atoms with Crippen LogP contribution in [0.4, 0.5) is 0 Å². The lowest BCUT2D eigenvalue weighted by Crippen LogP contribution is -2.31. The van der Waals surface area contributed by atoms with Gasteiger partial charge in [0.15, 0.2) is 0 Å². The Bertz CT molecular complexity index is 94.9. The van der Waals surface area contributed by atoms with E-state index in [9.17, 15) is 5.11 Å². The molecule has 0 aromatic heterocycles. The van der Waals surface area contributed by atoms with Gasteiger partial charge in [0.25, 0.3) is 0 Å². The number of likely N-dealkylation sites (N-methyl/N-ethyl adjacent to an activating group) is 1. The molecule has 1 aliphatic rings. The second kappa shape index (κ2) is 2.67. The molecule has 0 unspecified atom stereocenters. The van der Waals surface area contributed by atoms with Crippen LogP contribution in [0.3, 0.4) is 0 Å². The predicted octanol–water partition coefficient (Wildman–Crippen LogP) is 0.461. The fourth-order valence-corrected chi connectivity index (χ4v) is 1.43. The summed E-state index contributed by atoms with van der Waals surface area (Å²) in [4.78, 5) is 2.30. The lowest BCUT2D eigenvalue weighted by atomic mass is 10.2. The minimum atomic E-state index is -0.0788. The average Bonchev–Trinajstić information content (AvgIpc) is 2.15. The maximum absolute atomic E-state index is 9.26. The van der Waals surface area contributed by atoms with Crippen molar-refractivity contribution in [3.05, 3.63) is 0 Å². The highest BCUT2D eigenvalue weighted by Crippen LogP contribution is 2.15. The van der Waals surface area contributed by atoms with Gasteiger partial charge in [-0.2, -0.15) is 0 Å². The third-order valence-electron chi connectivity index (χ3n) is 2.25. The topological polar surface area (TPSA) is 23.5 Å². The van der Waals surface area contributed by atoms with Crippen molar-refractivity contribution in [2.45, 2.75) is 32.4 Å². The zero-order valence-corrected chi connectivity index (χ0v) is 6.17. The highest BCUT2D eigenvalue weighted by atomic mass is 16.3. The number of aliphatic hydroxyl groups excluding tert-OH is 1. The number of hydrogen-bond donors (Lipinski definition) is 1. The molecule has 0 aliphatic carbocycles. The Balaban J connectivity index is 2.41. The molecule has 54 valence electrons. The Morgan fingerprint density at radius 1 is 1.67 bits per heavy atom. The SMILES string of the molecule is CCN1CC[C@H](O)[C@H]1C. The van der Waals surface area contributed by atoms with Gasteiger partial charge in [-0.1, -0.05) is 6.92 Å².